The van der Waals surface area contributed by atoms with Crippen molar-refractivity contribution >= 4 is 56.3 Å². The van der Waals surface area contributed by atoms with Crippen LogP contribution in [0, 0.1) is 6.92 Å². The number of hydrogen-bond donors (Lipinski definition) is 0. The van der Waals surface area contributed by atoms with E-state index in [1.54, 1.807) is 0 Å². The molecule has 0 saturated carbocycles. The molecule has 0 amide bonds. The van der Waals surface area contributed by atoms with Crippen LogP contribution in [0.1, 0.15) is 4.44 Å². The molecule has 3 aromatic carbocycles. The minimum atomic E-state index is 0.516. The Hall–Kier alpha value is -1.86. The van der Waals surface area contributed by atoms with Crippen molar-refractivity contribution in [1.82, 2.24) is 0 Å². The Labute approximate surface area is 144 Å². The summed E-state index contributed by atoms with van der Waals surface area (Å²) in [6.07, 6.45) is 0. The van der Waals surface area contributed by atoms with Crippen molar-refractivity contribution in [2.75, 3.05) is 0 Å². The monoisotopic (exact) mass is 378 g/mol. The Morgan fingerprint density at radius 2 is 1.52 bits per heavy atom. The van der Waals surface area contributed by atoms with E-state index in [4.69, 9.17) is 0 Å². The summed E-state index contributed by atoms with van der Waals surface area (Å²) in [7, 11) is 0. The first-order valence-corrected chi connectivity index (χ1v) is 10.2. The van der Waals surface area contributed by atoms with Crippen LogP contribution in [0.25, 0.3) is 40.9 Å². The topological polar surface area (TPSA) is 0 Å². The fourth-order valence-electron chi connectivity index (χ4n) is 3.20. The van der Waals surface area contributed by atoms with Gasteiger partial charge >= 0.3 is 145 Å². The number of hydrogen-bond acceptors (Lipinski definition) is 1. The molecule has 0 spiro atoms. The molecule has 2 aromatic heterocycles. The van der Waals surface area contributed by atoms with Crippen molar-refractivity contribution in [3.63, 3.8) is 0 Å². The molecule has 0 saturated heterocycles. The molecule has 2 heterocycles. The summed E-state index contributed by atoms with van der Waals surface area (Å²) in [4.78, 5) is 1.35. The van der Waals surface area contributed by atoms with Gasteiger partial charge in [-0.1, -0.05) is 0 Å². The number of thiophene rings is 1. The number of rotatable bonds is 1. The molecule has 0 nitrogen and oxygen atoms in total. The Morgan fingerprint density at radius 1 is 0.739 bits per heavy atom. The maximum absolute atomic E-state index is 2.40. The molecule has 0 fully saturated rings. The molecule has 5 aromatic rings. The van der Waals surface area contributed by atoms with Gasteiger partial charge in [-0.25, -0.2) is 0 Å². The van der Waals surface area contributed by atoms with E-state index in [0.29, 0.717) is 14.5 Å². The van der Waals surface area contributed by atoms with Gasteiger partial charge in [0.1, 0.15) is 0 Å². The van der Waals surface area contributed by atoms with Crippen molar-refractivity contribution < 1.29 is 0 Å². The van der Waals surface area contributed by atoms with E-state index in [1.807, 2.05) is 11.3 Å². The Morgan fingerprint density at radius 3 is 2.39 bits per heavy atom. The molecule has 5 rings (SSSR count). The molecule has 0 aliphatic carbocycles. The van der Waals surface area contributed by atoms with Crippen LogP contribution in [0.15, 0.2) is 66.7 Å². The van der Waals surface area contributed by atoms with Gasteiger partial charge in [0.2, 0.25) is 0 Å². The number of aryl methyl sites for hydroxylation is 1. The number of fused-ring (bicyclic) bond motifs is 3. The van der Waals surface area contributed by atoms with Crippen LogP contribution in [-0.2, 0) is 0 Å². The van der Waals surface area contributed by atoms with Crippen LogP contribution in [0.3, 0.4) is 0 Å². The van der Waals surface area contributed by atoms with Crippen LogP contribution in [-0.4, -0.2) is 14.5 Å². The maximum atomic E-state index is 2.40. The molecular weight excluding hydrogens is 363 g/mol. The fraction of sp³-hybridized carbons (Fsp3) is 0.0476. The zero-order valence-corrected chi connectivity index (χ0v) is 15.2. The Kier molecular flexibility index (Phi) is 2.99. The molecule has 0 aliphatic rings. The van der Waals surface area contributed by atoms with Crippen molar-refractivity contribution in [1.29, 1.82) is 0 Å². The third-order valence-electron chi connectivity index (χ3n) is 4.29. The average Bonchev–Trinajstić information content (AvgIpc) is 3.12. The Bertz CT molecular complexity index is 1090. The fourth-order valence-corrected chi connectivity index (χ4v) is 6.30. The van der Waals surface area contributed by atoms with Gasteiger partial charge in [-0.05, 0) is 0 Å². The summed E-state index contributed by atoms with van der Waals surface area (Å²) in [5, 5.41) is 5.52. The van der Waals surface area contributed by atoms with Crippen molar-refractivity contribution in [3.05, 3.63) is 71.2 Å². The summed E-state index contributed by atoms with van der Waals surface area (Å²) < 4.78 is 4.43. The van der Waals surface area contributed by atoms with Gasteiger partial charge < -0.3 is 0 Å². The first-order chi connectivity index (χ1) is 11.3. The van der Waals surface area contributed by atoms with Gasteiger partial charge in [-0.15, -0.1) is 0 Å². The summed E-state index contributed by atoms with van der Waals surface area (Å²) in [5.41, 5.74) is 1.31. The first kappa shape index (κ1) is 13.6. The molecule has 0 N–H and O–H groups in total. The zero-order chi connectivity index (χ0) is 15.4. The molecule has 23 heavy (non-hydrogen) atoms. The van der Waals surface area contributed by atoms with Gasteiger partial charge in [0.15, 0.2) is 0 Å². The molecule has 0 atom stereocenters. The van der Waals surface area contributed by atoms with Crippen LogP contribution in [0.4, 0.5) is 0 Å². The molecule has 2 heteroatoms. The van der Waals surface area contributed by atoms with E-state index in [2.05, 4.69) is 73.7 Å². The van der Waals surface area contributed by atoms with Crippen molar-refractivity contribution in [2.45, 2.75) is 6.92 Å². The standard InChI is InChI=1S/C21H14SSe/c1-13-7-18-9-15-10-20-17(8-16(15)12-21(18)23-13)11-19(22-20)14-5-3-2-4-6-14/h2-12H,1H3. The second kappa shape index (κ2) is 5.07. The minimum absolute atomic E-state index is 0.516. The van der Waals surface area contributed by atoms with Crippen LogP contribution < -0.4 is 0 Å². The molecule has 0 unspecified atom stereocenters. The third-order valence-corrected chi connectivity index (χ3v) is 7.56. The van der Waals surface area contributed by atoms with Gasteiger partial charge in [-0.3, -0.25) is 0 Å². The summed E-state index contributed by atoms with van der Waals surface area (Å²) in [5.74, 6) is 0. The van der Waals surface area contributed by atoms with E-state index >= 15 is 0 Å². The van der Waals surface area contributed by atoms with E-state index in [-0.39, 0.29) is 0 Å². The number of benzene rings is 3. The predicted octanol–water partition coefficient (Wildman–Crippen LogP) is 6.24. The average molecular weight is 377 g/mol. The van der Waals surface area contributed by atoms with E-state index in [0.717, 1.165) is 0 Å². The van der Waals surface area contributed by atoms with Crippen molar-refractivity contribution in [3.8, 4) is 10.4 Å². The zero-order valence-electron chi connectivity index (χ0n) is 12.7. The molecular formula is C21H14SSe. The van der Waals surface area contributed by atoms with Crippen LogP contribution in [0.5, 0.6) is 0 Å². The molecule has 0 radical (unpaired) electrons. The molecule has 110 valence electrons. The summed E-state index contributed by atoms with van der Waals surface area (Å²) in [6, 6.07) is 24.8. The Balaban J connectivity index is 1.77. The van der Waals surface area contributed by atoms with Crippen LogP contribution >= 0.6 is 11.3 Å². The van der Waals surface area contributed by atoms with Gasteiger partial charge in [-0.2, -0.15) is 0 Å². The second-order valence-electron chi connectivity index (χ2n) is 5.96. The summed E-state index contributed by atoms with van der Waals surface area (Å²) >= 11 is 2.40. The van der Waals surface area contributed by atoms with E-state index in [9.17, 15) is 0 Å². The van der Waals surface area contributed by atoms with Gasteiger partial charge in [0.05, 0.1) is 0 Å². The van der Waals surface area contributed by atoms with Crippen LogP contribution in [0.2, 0.25) is 0 Å². The second-order valence-corrected chi connectivity index (χ2v) is 9.75. The first-order valence-electron chi connectivity index (χ1n) is 7.69. The molecule has 0 bridgehead atoms. The van der Waals surface area contributed by atoms with Crippen molar-refractivity contribution in [2.24, 2.45) is 0 Å². The normalized spacial score (nSPS) is 11.7. The summed E-state index contributed by atoms with van der Waals surface area (Å²) in [6.45, 7) is 2.25. The third kappa shape index (κ3) is 2.26. The predicted molar refractivity (Wildman–Crippen MR) is 104 cm³/mol. The van der Waals surface area contributed by atoms with E-state index in [1.165, 1.54) is 45.4 Å². The quantitative estimate of drug-likeness (QED) is 0.303. The van der Waals surface area contributed by atoms with Gasteiger partial charge in [0.25, 0.3) is 0 Å². The molecule has 0 aliphatic heterocycles. The van der Waals surface area contributed by atoms with E-state index < -0.39 is 0 Å². The SMILES string of the molecule is Cc1cc2cc3cc4sc(-c5ccccc5)cc4cc3cc2[se]1. The van der Waals surface area contributed by atoms with Gasteiger partial charge in [0, 0.05) is 0 Å².